The molecule has 84 valence electrons. The lowest BCUT2D eigenvalue weighted by Gasteiger charge is -2.19. The van der Waals surface area contributed by atoms with Crippen LogP contribution in [0.15, 0.2) is 22.8 Å². The average Bonchev–Trinajstić information content (AvgIpc) is 2.68. The summed E-state index contributed by atoms with van der Waals surface area (Å²) >= 11 is 0. The van der Waals surface area contributed by atoms with Gasteiger partial charge in [-0.05, 0) is 12.1 Å². The first kappa shape index (κ1) is 11.6. The molecule has 1 amide bonds. The first-order valence-electron chi connectivity index (χ1n) is 4.46. The highest BCUT2D eigenvalue weighted by Crippen LogP contribution is 2.07. The number of hydrogen-bond donors (Lipinski definition) is 1. The number of alkyl halides is 2. The Labute approximate surface area is 85.6 Å². The van der Waals surface area contributed by atoms with Gasteiger partial charge in [0.15, 0.2) is 5.76 Å². The maximum Gasteiger partial charge on any atom is 0.289 e. The van der Waals surface area contributed by atoms with E-state index in [2.05, 4.69) is 0 Å². The third-order valence-electron chi connectivity index (χ3n) is 1.78. The summed E-state index contributed by atoms with van der Waals surface area (Å²) in [5, 5.41) is 0. The van der Waals surface area contributed by atoms with E-state index in [0.717, 1.165) is 4.90 Å². The number of amides is 1. The molecular weight excluding hydrogens is 206 g/mol. The van der Waals surface area contributed by atoms with E-state index in [4.69, 9.17) is 10.2 Å². The van der Waals surface area contributed by atoms with E-state index in [1.807, 2.05) is 0 Å². The molecule has 0 aliphatic rings. The maximum absolute atomic E-state index is 12.1. The molecule has 1 heterocycles. The van der Waals surface area contributed by atoms with Gasteiger partial charge in [0.25, 0.3) is 12.3 Å². The molecule has 0 aromatic carbocycles. The molecule has 0 atom stereocenters. The van der Waals surface area contributed by atoms with Crippen molar-refractivity contribution < 1.29 is 18.0 Å². The summed E-state index contributed by atoms with van der Waals surface area (Å²) in [5.74, 6) is -0.519. The van der Waals surface area contributed by atoms with Gasteiger partial charge in [-0.15, -0.1) is 0 Å². The zero-order chi connectivity index (χ0) is 11.3. The largest absolute Gasteiger partial charge is 0.459 e. The van der Waals surface area contributed by atoms with Gasteiger partial charge in [0.05, 0.1) is 12.8 Å². The highest BCUT2D eigenvalue weighted by atomic mass is 19.3. The molecule has 4 nitrogen and oxygen atoms in total. The number of carbonyl (C=O) groups excluding carboxylic acids is 1. The van der Waals surface area contributed by atoms with Gasteiger partial charge in [0.1, 0.15) is 0 Å². The average molecular weight is 218 g/mol. The van der Waals surface area contributed by atoms with Gasteiger partial charge in [0.2, 0.25) is 0 Å². The Morgan fingerprint density at radius 1 is 1.60 bits per heavy atom. The molecule has 0 aliphatic carbocycles. The lowest BCUT2D eigenvalue weighted by molar-refractivity contribution is 0.0536. The molecule has 0 unspecified atom stereocenters. The molecule has 1 aromatic rings. The third kappa shape index (κ3) is 3.32. The summed E-state index contributed by atoms with van der Waals surface area (Å²) in [6, 6.07) is 2.95. The van der Waals surface area contributed by atoms with Crippen molar-refractivity contribution in [1.29, 1.82) is 0 Å². The second kappa shape index (κ2) is 5.45. The van der Waals surface area contributed by atoms with Gasteiger partial charge >= 0.3 is 0 Å². The molecule has 0 saturated carbocycles. The van der Waals surface area contributed by atoms with Crippen LogP contribution in [0.5, 0.6) is 0 Å². The third-order valence-corrected chi connectivity index (χ3v) is 1.78. The van der Waals surface area contributed by atoms with E-state index in [9.17, 15) is 13.6 Å². The minimum Gasteiger partial charge on any atom is -0.459 e. The fraction of sp³-hybridized carbons (Fsp3) is 0.444. The van der Waals surface area contributed by atoms with Crippen molar-refractivity contribution in [3.63, 3.8) is 0 Å². The number of rotatable bonds is 5. The minimum atomic E-state index is -2.57. The number of hydrogen-bond acceptors (Lipinski definition) is 3. The van der Waals surface area contributed by atoms with Crippen LogP contribution < -0.4 is 5.73 Å². The smallest absolute Gasteiger partial charge is 0.289 e. The molecule has 1 rings (SSSR count). The van der Waals surface area contributed by atoms with Crippen LogP contribution in [0.1, 0.15) is 10.6 Å². The van der Waals surface area contributed by atoms with Crippen LogP contribution in [0, 0.1) is 0 Å². The quantitative estimate of drug-likeness (QED) is 0.800. The number of nitrogens with two attached hydrogens (primary N) is 1. The molecule has 0 bridgehead atoms. The lowest BCUT2D eigenvalue weighted by atomic mass is 10.3. The van der Waals surface area contributed by atoms with Crippen LogP contribution in [0.3, 0.4) is 0 Å². The number of nitrogens with zero attached hydrogens (tertiary/aromatic N) is 1. The predicted octanol–water partition coefficient (Wildman–Crippen LogP) is 0.946. The first-order chi connectivity index (χ1) is 7.15. The minimum absolute atomic E-state index is 0.0455. The van der Waals surface area contributed by atoms with Gasteiger partial charge in [-0.25, -0.2) is 8.78 Å². The van der Waals surface area contributed by atoms with E-state index in [0.29, 0.717) is 0 Å². The summed E-state index contributed by atoms with van der Waals surface area (Å²) in [5.41, 5.74) is 5.23. The van der Waals surface area contributed by atoms with Crippen molar-refractivity contribution in [3.05, 3.63) is 24.2 Å². The second-order valence-corrected chi connectivity index (χ2v) is 2.91. The Morgan fingerprint density at radius 3 is 2.80 bits per heavy atom. The van der Waals surface area contributed by atoms with Crippen molar-refractivity contribution in [3.8, 4) is 0 Å². The Bertz CT molecular complexity index is 301. The van der Waals surface area contributed by atoms with Gasteiger partial charge in [0, 0.05) is 13.1 Å². The van der Waals surface area contributed by atoms with Crippen LogP contribution in [-0.2, 0) is 0 Å². The molecule has 0 spiro atoms. The standard InChI is InChI=1S/C9H12F2N2O2/c10-8(11)6-13(4-3-12)9(14)7-2-1-5-15-7/h1-2,5,8H,3-4,6,12H2. The van der Waals surface area contributed by atoms with E-state index in [1.54, 1.807) is 0 Å². The van der Waals surface area contributed by atoms with Crippen molar-refractivity contribution in [2.75, 3.05) is 19.6 Å². The van der Waals surface area contributed by atoms with Crippen molar-refractivity contribution in [2.45, 2.75) is 6.43 Å². The van der Waals surface area contributed by atoms with E-state index in [-0.39, 0.29) is 18.8 Å². The fourth-order valence-electron chi connectivity index (χ4n) is 1.15. The highest BCUT2D eigenvalue weighted by Gasteiger charge is 2.20. The molecule has 0 aliphatic heterocycles. The summed E-state index contributed by atoms with van der Waals surface area (Å²) in [7, 11) is 0. The summed E-state index contributed by atoms with van der Waals surface area (Å²) in [4.78, 5) is 12.6. The van der Waals surface area contributed by atoms with Crippen LogP contribution in [-0.4, -0.2) is 36.9 Å². The number of halogens is 2. The van der Waals surface area contributed by atoms with Gasteiger partial charge in [-0.2, -0.15) is 0 Å². The summed E-state index contributed by atoms with van der Waals surface area (Å²) in [6.07, 6.45) is -1.26. The molecule has 0 fully saturated rings. The molecule has 0 saturated heterocycles. The van der Waals surface area contributed by atoms with Crippen LogP contribution in [0.4, 0.5) is 8.78 Å². The molecule has 15 heavy (non-hydrogen) atoms. The highest BCUT2D eigenvalue weighted by molar-refractivity contribution is 5.91. The Hall–Kier alpha value is -1.43. The van der Waals surface area contributed by atoms with E-state index in [1.165, 1.54) is 18.4 Å². The Morgan fingerprint density at radius 2 is 2.33 bits per heavy atom. The molecular formula is C9H12F2N2O2. The Balaban J connectivity index is 2.67. The van der Waals surface area contributed by atoms with E-state index >= 15 is 0 Å². The number of furan rings is 1. The number of carbonyl (C=O) groups is 1. The van der Waals surface area contributed by atoms with Crippen LogP contribution >= 0.6 is 0 Å². The SMILES string of the molecule is NCCN(CC(F)F)C(=O)c1ccco1. The summed E-state index contributed by atoms with van der Waals surface area (Å²) in [6.45, 7) is -0.403. The molecule has 2 N–H and O–H groups in total. The normalized spacial score (nSPS) is 10.7. The summed E-state index contributed by atoms with van der Waals surface area (Å²) < 4.78 is 29.1. The topological polar surface area (TPSA) is 59.5 Å². The molecule has 6 heteroatoms. The second-order valence-electron chi connectivity index (χ2n) is 2.91. The van der Waals surface area contributed by atoms with Crippen molar-refractivity contribution in [2.24, 2.45) is 5.73 Å². The zero-order valence-electron chi connectivity index (χ0n) is 8.03. The van der Waals surface area contributed by atoms with Crippen LogP contribution in [0.25, 0.3) is 0 Å². The Kier molecular flexibility index (Phi) is 4.23. The van der Waals surface area contributed by atoms with Crippen molar-refractivity contribution in [1.82, 2.24) is 4.90 Å². The molecule has 1 aromatic heterocycles. The first-order valence-corrected chi connectivity index (χ1v) is 4.46. The molecule has 0 radical (unpaired) electrons. The van der Waals surface area contributed by atoms with E-state index < -0.39 is 18.9 Å². The maximum atomic E-state index is 12.1. The fourth-order valence-corrected chi connectivity index (χ4v) is 1.15. The van der Waals surface area contributed by atoms with Gasteiger partial charge in [-0.1, -0.05) is 0 Å². The lowest BCUT2D eigenvalue weighted by Crippen LogP contribution is -2.38. The van der Waals surface area contributed by atoms with Gasteiger partial charge in [-0.3, -0.25) is 4.79 Å². The van der Waals surface area contributed by atoms with Crippen molar-refractivity contribution >= 4 is 5.91 Å². The van der Waals surface area contributed by atoms with Gasteiger partial charge < -0.3 is 15.1 Å². The monoisotopic (exact) mass is 218 g/mol. The predicted molar refractivity (Wildman–Crippen MR) is 49.7 cm³/mol. The zero-order valence-corrected chi connectivity index (χ0v) is 8.03. The van der Waals surface area contributed by atoms with Crippen LogP contribution in [0.2, 0.25) is 0 Å².